The summed E-state index contributed by atoms with van der Waals surface area (Å²) in [5.74, 6) is 0. The average molecular weight is 354 g/mol. The Balaban J connectivity index is 2.18. The fourth-order valence-corrected chi connectivity index (χ4v) is 2.93. The van der Waals surface area contributed by atoms with E-state index in [-0.39, 0.29) is 6.04 Å². The molecule has 5 heteroatoms. The van der Waals surface area contributed by atoms with Gasteiger partial charge in [0, 0.05) is 22.5 Å². The van der Waals surface area contributed by atoms with Crippen molar-refractivity contribution in [3.63, 3.8) is 0 Å². The van der Waals surface area contributed by atoms with Crippen LogP contribution in [0.25, 0.3) is 0 Å². The third-order valence-electron chi connectivity index (χ3n) is 3.05. The summed E-state index contributed by atoms with van der Waals surface area (Å²) in [4.78, 5) is 0.342. The minimum atomic E-state index is -3.14. The minimum absolute atomic E-state index is 0.0855. The largest absolute Gasteiger partial charge is 0.378 e. The number of benzene rings is 2. The Morgan fingerprint density at radius 3 is 2.20 bits per heavy atom. The van der Waals surface area contributed by atoms with Gasteiger partial charge >= 0.3 is 0 Å². The monoisotopic (exact) mass is 353 g/mol. The van der Waals surface area contributed by atoms with E-state index in [4.69, 9.17) is 0 Å². The van der Waals surface area contributed by atoms with Crippen molar-refractivity contribution < 1.29 is 8.42 Å². The molecule has 0 radical (unpaired) electrons. The van der Waals surface area contributed by atoms with E-state index in [0.29, 0.717) is 4.90 Å². The fraction of sp³-hybridized carbons (Fsp3) is 0.200. The molecule has 20 heavy (non-hydrogen) atoms. The molecule has 0 fully saturated rings. The van der Waals surface area contributed by atoms with E-state index in [1.165, 1.54) is 6.26 Å². The van der Waals surface area contributed by atoms with Crippen molar-refractivity contribution in [2.75, 3.05) is 11.6 Å². The van der Waals surface area contributed by atoms with Crippen LogP contribution >= 0.6 is 15.9 Å². The van der Waals surface area contributed by atoms with E-state index < -0.39 is 9.84 Å². The summed E-state index contributed by atoms with van der Waals surface area (Å²) < 4.78 is 23.9. The number of rotatable bonds is 4. The molecule has 2 aromatic carbocycles. The van der Waals surface area contributed by atoms with Crippen LogP contribution in [-0.2, 0) is 9.84 Å². The molecule has 0 aliphatic carbocycles. The molecule has 0 aliphatic heterocycles. The van der Waals surface area contributed by atoms with Crippen LogP contribution in [0.1, 0.15) is 18.5 Å². The zero-order valence-electron chi connectivity index (χ0n) is 11.3. The lowest BCUT2D eigenvalue weighted by molar-refractivity contribution is 0.602. The lowest BCUT2D eigenvalue weighted by Gasteiger charge is -2.17. The fourth-order valence-electron chi connectivity index (χ4n) is 1.90. The highest BCUT2D eigenvalue weighted by Crippen LogP contribution is 2.26. The number of anilines is 1. The summed E-state index contributed by atoms with van der Waals surface area (Å²) in [5.41, 5.74) is 2.04. The zero-order chi connectivity index (χ0) is 14.8. The molecule has 2 aromatic rings. The van der Waals surface area contributed by atoms with E-state index in [2.05, 4.69) is 21.2 Å². The molecule has 106 valence electrons. The average Bonchev–Trinajstić information content (AvgIpc) is 2.40. The van der Waals surface area contributed by atoms with E-state index in [9.17, 15) is 8.42 Å². The molecule has 0 saturated carbocycles. The van der Waals surface area contributed by atoms with E-state index in [0.717, 1.165) is 15.7 Å². The number of hydrogen-bond donors (Lipinski definition) is 1. The molecule has 0 saturated heterocycles. The van der Waals surface area contributed by atoms with Gasteiger partial charge < -0.3 is 5.32 Å². The summed E-state index contributed by atoms with van der Waals surface area (Å²) in [6, 6.07) is 14.9. The van der Waals surface area contributed by atoms with Gasteiger partial charge in [-0.05, 0) is 52.7 Å². The van der Waals surface area contributed by atoms with Gasteiger partial charge in [-0.25, -0.2) is 8.42 Å². The van der Waals surface area contributed by atoms with Gasteiger partial charge in [0.25, 0.3) is 0 Å². The number of hydrogen-bond acceptors (Lipinski definition) is 3. The lowest BCUT2D eigenvalue weighted by atomic mass is 10.1. The molecule has 0 amide bonds. The summed E-state index contributed by atoms with van der Waals surface area (Å²) in [7, 11) is -3.14. The number of sulfone groups is 1. The topological polar surface area (TPSA) is 46.2 Å². The van der Waals surface area contributed by atoms with Gasteiger partial charge in [-0.3, -0.25) is 0 Å². The molecule has 0 bridgehead atoms. The Bertz CT molecular complexity index is 696. The van der Waals surface area contributed by atoms with Gasteiger partial charge in [0.2, 0.25) is 0 Å². The summed E-state index contributed by atoms with van der Waals surface area (Å²) >= 11 is 3.49. The molecule has 1 atom stereocenters. The summed E-state index contributed by atoms with van der Waals surface area (Å²) in [6.07, 6.45) is 1.21. The van der Waals surface area contributed by atoms with Gasteiger partial charge in [-0.2, -0.15) is 0 Å². The van der Waals surface area contributed by atoms with Crippen LogP contribution in [-0.4, -0.2) is 14.7 Å². The molecular formula is C15H16BrNO2S. The normalized spacial score (nSPS) is 12.9. The Kier molecular flexibility index (Phi) is 4.50. The first kappa shape index (κ1) is 15.1. The maximum absolute atomic E-state index is 11.4. The van der Waals surface area contributed by atoms with Crippen molar-refractivity contribution in [3.8, 4) is 0 Å². The Morgan fingerprint density at radius 1 is 1.05 bits per heavy atom. The third kappa shape index (κ3) is 3.61. The van der Waals surface area contributed by atoms with Gasteiger partial charge in [0.05, 0.1) is 4.90 Å². The van der Waals surface area contributed by atoms with Crippen LogP contribution in [0.3, 0.4) is 0 Å². The zero-order valence-corrected chi connectivity index (χ0v) is 13.7. The van der Waals surface area contributed by atoms with E-state index >= 15 is 0 Å². The van der Waals surface area contributed by atoms with Crippen LogP contribution in [0.4, 0.5) is 5.69 Å². The van der Waals surface area contributed by atoms with Crippen molar-refractivity contribution in [1.82, 2.24) is 0 Å². The molecule has 0 spiro atoms. The van der Waals surface area contributed by atoms with Crippen LogP contribution in [0.5, 0.6) is 0 Å². The molecule has 2 rings (SSSR count). The van der Waals surface area contributed by atoms with Gasteiger partial charge in [0.1, 0.15) is 0 Å². The quantitative estimate of drug-likeness (QED) is 0.902. The first-order valence-electron chi connectivity index (χ1n) is 6.19. The standard InChI is InChI=1S/C15H16BrNO2S/c1-11(17-15-6-4-3-5-14(15)16)12-7-9-13(10-8-12)20(2,18)19/h3-11,17H,1-2H3. The van der Waals surface area contributed by atoms with Gasteiger partial charge in [0.15, 0.2) is 9.84 Å². The van der Waals surface area contributed by atoms with Crippen molar-refractivity contribution in [1.29, 1.82) is 0 Å². The predicted octanol–water partition coefficient (Wildman–Crippen LogP) is 4.03. The highest BCUT2D eigenvalue weighted by atomic mass is 79.9. The molecule has 0 aliphatic rings. The number of halogens is 1. The van der Waals surface area contributed by atoms with Crippen LogP contribution in [0.2, 0.25) is 0 Å². The highest BCUT2D eigenvalue weighted by Gasteiger charge is 2.10. The van der Waals surface area contributed by atoms with E-state index in [1.807, 2.05) is 43.3 Å². The van der Waals surface area contributed by atoms with Crippen LogP contribution in [0, 0.1) is 0 Å². The molecule has 0 aromatic heterocycles. The molecule has 3 nitrogen and oxygen atoms in total. The predicted molar refractivity (Wildman–Crippen MR) is 85.7 cm³/mol. The second-order valence-electron chi connectivity index (χ2n) is 4.69. The Hall–Kier alpha value is -1.33. The molecule has 0 heterocycles. The second kappa shape index (κ2) is 5.97. The third-order valence-corrected chi connectivity index (χ3v) is 4.87. The van der Waals surface area contributed by atoms with Crippen LogP contribution < -0.4 is 5.32 Å². The summed E-state index contributed by atoms with van der Waals surface area (Å²) in [5, 5.41) is 3.39. The SMILES string of the molecule is CC(Nc1ccccc1Br)c1ccc(S(C)(=O)=O)cc1. The van der Waals surface area contributed by atoms with Gasteiger partial charge in [-0.1, -0.05) is 24.3 Å². The highest BCUT2D eigenvalue weighted by molar-refractivity contribution is 9.10. The molecule has 1 N–H and O–H groups in total. The lowest BCUT2D eigenvalue weighted by Crippen LogP contribution is -2.07. The first-order chi connectivity index (χ1) is 9.38. The molecular weight excluding hydrogens is 338 g/mol. The smallest absolute Gasteiger partial charge is 0.175 e. The van der Waals surface area contributed by atoms with Crippen molar-refractivity contribution in [3.05, 3.63) is 58.6 Å². The van der Waals surface area contributed by atoms with E-state index in [1.54, 1.807) is 12.1 Å². The maximum Gasteiger partial charge on any atom is 0.175 e. The first-order valence-corrected chi connectivity index (χ1v) is 8.87. The minimum Gasteiger partial charge on any atom is -0.378 e. The Labute approximate surface area is 128 Å². The Morgan fingerprint density at radius 2 is 1.65 bits per heavy atom. The van der Waals surface area contributed by atoms with Crippen molar-refractivity contribution in [2.24, 2.45) is 0 Å². The van der Waals surface area contributed by atoms with Gasteiger partial charge in [-0.15, -0.1) is 0 Å². The van der Waals surface area contributed by atoms with Crippen LogP contribution in [0.15, 0.2) is 57.9 Å². The maximum atomic E-state index is 11.4. The number of para-hydroxylation sites is 1. The summed E-state index contributed by atoms with van der Waals surface area (Å²) in [6.45, 7) is 2.04. The van der Waals surface area contributed by atoms with Crippen molar-refractivity contribution >= 4 is 31.5 Å². The molecule has 1 unspecified atom stereocenters. The van der Waals surface area contributed by atoms with Crippen molar-refractivity contribution in [2.45, 2.75) is 17.9 Å². The second-order valence-corrected chi connectivity index (χ2v) is 7.56. The number of nitrogens with one attached hydrogen (secondary N) is 1.